The van der Waals surface area contributed by atoms with Crippen LogP contribution in [0.25, 0.3) is 44.6 Å². The molecule has 10 aromatic rings. The van der Waals surface area contributed by atoms with Crippen molar-refractivity contribution < 1.29 is 0 Å². The topological polar surface area (TPSA) is 22.6 Å². The molecular formula is C76H69BN4. The molecule has 1 aromatic heterocycles. The van der Waals surface area contributed by atoms with E-state index in [0.29, 0.717) is 0 Å². The number of hydrogen-bond acceptors (Lipinski definition) is 4. The van der Waals surface area contributed by atoms with Crippen molar-refractivity contribution in [3.05, 3.63) is 241 Å². The highest BCUT2D eigenvalue weighted by Gasteiger charge is 2.58. The molecule has 0 saturated heterocycles. The smallest absolute Gasteiger partial charge is 0.252 e. The fourth-order valence-electron chi connectivity index (χ4n) is 15.3. The van der Waals surface area contributed by atoms with Gasteiger partial charge in [-0.15, -0.1) is 0 Å². The Labute approximate surface area is 479 Å². The van der Waals surface area contributed by atoms with Crippen LogP contribution in [0.15, 0.2) is 219 Å². The fourth-order valence-corrected chi connectivity index (χ4v) is 15.3. The van der Waals surface area contributed by atoms with Gasteiger partial charge in [0.15, 0.2) is 0 Å². The zero-order valence-corrected chi connectivity index (χ0v) is 47.9. The second kappa shape index (κ2) is 18.3. The number of pyridine rings is 1. The van der Waals surface area contributed by atoms with Gasteiger partial charge in [-0.2, -0.15) is 0 Å². The Morgan fingerprint density at radius 2 is 1.06 bits per heavy atom. The molecule has 1 fully saturated rings. The Balaban J connectivity index is 1.08. The molecule has 0 radical (unpaired) electrons. The van der Waals surface area contributed by atoms with Crippen molar-refractivity contribution in [2.45, 2.75) is 103 Å². The summed E-state index contributed by atoms with van der Waals surface area (Å²) in [6.07, 6.45) is 8.61. The number of anilines is 8. The molecule has 2 atom stereocenters. The number of nitrogens with zero attached hydrogens (tertiary/aromatic N) is 4. The summed E-state index contributed by atoms with van der Waals surface area (Å²) in [4.78, 5) is 13.1. The standard InChI is InChI=1S/C76H69BN4/c1-73(2,3)58-33-36-66(61(45-58)52-26-15-10-16-27-52)80-69-44-57-49-74(4,5)48-56(57)42-64(69)77-63-34-31-54(51-24-13-9-14-25-51)43-68(63)79(59-29-21-28-53(40-59)50-22-11-8-12-23-50)70-46-60(47-71(80)72(70)77)81-67-35-32-55(65-30-17-20-39-78-65)41-62(67)75(6)37-18-19-38-76(75,81)7/h8-17,20-36,39-47H,18-19,37-38,48-49H2,1-7H3. The van der Waals surface area contributed by atoms with Gasteiger partial charge in [0.25, 0.3) is 6.71 Å². The first-order valence-electron chi connectivity index (χ1n) is 29.6. The van der Waals surface area contributed by atoms with Gasteiger partial charge < -0.3 is 14.7 Å². The van der Waals surface area contributed by atoms with Crippen LogP contribution in [0.4, 0.5) is 45.5 Å². The second-order valence-electron chi connectivity index (χ2n) is 26.2. The number of aromatic nitrogens is 1. The van der Waals surface area contributed by atoms with Crippen molar-refractivity contribution >= 4 is 68.6 Å². The van der Waals surface area contributed by atoms with E-state index in [1.807, 2.05) is 12.3 Å². The maximum absolute atomic E-state index is 4.89. The molecule has 4 nitrogen and oxygen atoms in total. The fraction of sp³-hybridized carbons (Fsp3) is 0.224. The third kappa shape index (κ3) is 7.82. The van der Waals surface area contributed by atoms with Crippen LogP contribution in [0.3, 0.4) is 0 Å². The summed E-state index contributed by atoms with van der Waals surface area (Å²) in [5.74, 6) is 0. The lowest BCUT2D eigenvalue weighted by molar-refractivity contribution is 0.195. The molecule has 0 N–H and O–H groups in total. The van der Waals surface area contributed by atoms with Crippen molar-refractivity contribution in [3.63, 3.8) is 0 Å². The molecule has 2 aliphatic carbocycles. The van der Waals surface area contributed by atoms with Crippen molar-refractivity contribution in [1.82, 2.24) is 4.98 Å². The zero-order chi connectivity index (χ0) is 55.0. The zero-order valence-electron chi connectivity index (χ0n) is 47.9. The molecule has 1 saturated carbocycles. The molecule has 9 aromatic carbocycles. The molecule has 4 heterocycles. The summed E-state index contributed by atoms with van der Waals surface area (Å²) in [5.41, 5.74) is 28.8. The van der Waals surface area contributed by atoms with Crippen LogP contribution in [0.1, 0.15) is 96.4 Å². The molecule has 396 valence electrons. The molecule has 5 aliphatic rings. The molecule has 15 rings (SSSR count). The lowest BCUT2D eigenvalue weighted by atomic mass is 9.33. The van der Waals surface area contributed by atoms with Crippen molar-refractivity contribution in [2.75, 3.05) is 14.7 Å². The van der Waals surface area contributed by atoms with Gasteiger partial charge in [0.2, 0.25) is 0 Å². The lowest BCUT2D eigenvalue weighted by Crippen LogP contribution is -2.61. The molecule has 5 heteroatoms. The van der Waals surface area contributed by atoms with E-state index in [1.165, 1.54) is 130 Å². The van der Waals surface area contributed by atoms with Crippen LogP contribution >= 0.6 is 0 Å². The van der Waals surface area contributed by atoms with Crippen LogP contribution < -0.4 is 31.1 Å². The minimum absolute atomic E-state index is 0.0472. The van der Waals surface area contributed by atoms with E-state index in [4.69, 9.17) is 4.98 Å². The first-order chi connectivity index (χ1) is 39.2. The highest BCUT2D eigenvalue weighted by molar-refractivity contribution is 7.00. The predicted molar refractivity (Wildman–Crippen MR) is 343 cm³/mol. The van der Waals surface area contributed by atoms with Gasteiger partial charge in [-0.25, -0.2) is 0 Å². The minimum Gasteiger partial charge on any atom is -0.334 e. The molecule has 2 unspecified atom stereocenters. The maximum Gasteiger partial charge on any atom is 0.252 e. The van der Waals surface area contributed by atoms with Crippen molar-refractivity contribution in [2.24, 2.45) is 5.41 Å². The Kier molecular flexibility index (Phi) is 11.2. The Morgan fingerprint density at radius 1 is 0.444 bits per heavy atom. The van der Waals surface area contributed by atoms with Crippen LogP contribution in [0.5, 0.6) is 0 Å². The van der Waals surface area contributed by atoms with Gasteiger partial charge in [-0.1, -0.05) is 194 Å². The van der Waals surface area contributed by atoms with Gasteiger partial charge in [-0.05, 0) is 183 Å². The summed E-state index contributed by atoms with van der Waals surface area (Å²) < 4.78 is 0. The average molecular weight is 1050 g/mol. The average Bonchev–Trinajstić information content (AvgIpc) is 2.63. The quantitative estimate of drug-likeness (QED) is 0.148. The van der Waals surface area contributed by atoms with Gasteiger partial charge in [0.1, 0.15) is 0 Å². The van der Waals surface area contributed by atoms with E-state index in [2.05, 4.69) is 269 Å². The summed E-state index contributed by atoms with van der Waals surface area (Å²) in [5, 5.41) is 0. The van der Waals surface area contributed by atoms with Gasteiger partial charge in [0.05, 0.1) is 16.9 Å². The summed E-state index contributed by atoms with van der Waals surface area (Å²) in [7, 11) is 0. The van der Waals surface area contributed by atoms with Crippen LogP contribution in [-0.4, -0.2) is 17.2 Å². The number of benzene rings is 9. The van der Waals surface area contributed by atoms with Crippen LogP contribution in [0.2, 0.25) is 0 Å². The van der Waals surface area contributed by atoms with E-state index in [0.717, 1.165) is 37.1 Å². The lowest BCUT2D eigenvalue weighted by Gasteiger charge is -2.51. The van der Waals surface area contributed by atoms with Crippen LogP contribution in [0, 0.1) is 5.41 Å². The normalized spacial score (nSPS) is 19.1. The molecule has 3 aliphatic heterocycles. The summed E-state index contributed by atoms with van der Waals surface area (Å²) in [6, 6.07) is 81.2. The third-order valence-electron chi connectivity index (χ3n) is 19.5. The summed E-state index contributed by atoms with van der Waals surface area (Å²) in [6.45, 7) is 17.1. The van der Waals surface area contributed by atoms with E-state index in [-0.39, 0.29) is 28.5 Å². The van der Waals surface area contributed by atoms with Crippen molar-refractivity contribution in [1.29, 1.82) is 0 Å². The third-order valence-corrected chi connectivity index (χ3v) is 19.5. The highest BCUT2D eigenvalue weighted by Crippen LogP contribution is 2.62. The molecular weight excluding hydrogens is 980 g/mol. The predicted octanol–water partition coefficient (Wildman–Crippen LogP) is 18.0. The SMILES string of the molecule is CC1(C)Cc2cc3c(cc2C1)N(c1ccc(C(C)(C)C)cc1-c1ccccc1)c1cc(N2c4ccc(-c5ccccn5)cc4C4(C)CCCCC24C)cc2c1B3c1ccc(-c3ccccc3)cc1N2c1cccc(-c2ccccc2)c1. The molecule has 0 amide bonds. The first kappa shape index (κ1) is 49.6. The number of fused-ring (bicyclic) bond motifs is 8. The first-order valence-corrected chi connectivity index (χ1v) is 29.6. The summed E-state index contributed by atoms with van der Waals surface area (Å²) >= 11 is 0. The Bertz CT molecular complexity index is 4130. The van der Waals surface area contributed by atoms with Gasteiger partial charge >= 0.3 is 0 Å². The highest BCUT2D eigenvalue weighted by atomic mass is 15.3. The van der Waals surface area contributed by atoms with Gasteiger partial charge in [-0.3, -0.25) is 4.98 Å². The number of hydrogen-bond donors (Lipinski definition) is 0. The minimum atomic E-state index is -0.227. The van der Waals surface area contributed by atoms with E-state index >= 15 is 0 Å². The second-order valence-corrected chi connectivity index (χ2v) is 26.2. The monoisotopic (exact) mass is 1050 g/mol. The van der Waals surface area contributed by atoms with E-state index in [9.17, 15) is 0 Å². The number of rotatable bonds is 7. The Morgan fingerprint density at radius 3 is 1.77 bits per heavy atom. The van der Waals surface area contributed by atoms with Crippen LogP contribution in [-0.2, 0) is 23.7 Å². The van der Waals surface area contributed by atoms with Gasteiger partial charge in [0, 0.05) is 62.6 Å². The van der Waals surface area contributed by atoms with Crippen molar-refractivity contribution in [3.8, 4) is 44.6 Å². The van der Waals surface area contributed by atoms with E-state index in [1.54, 1.807) is 0 Å². The maximum atomic E-state index is 4.89. The Hall–Kier alpha value is -8.41. The van der Waals surface area contributed by atoms with E-state index < -0.39 is 0 Å². The largest absolute Gasteiger partial charge is 0.334 e. The molecule has 81 heavy (non-hydrogen) atoms. The molecule has 0 bridgehead atoms. The molecule has 0 spiro atoms.